The Kier molecular flexibility index (Phi) is 7.15. The van der Waals surface area contributed by atoms with E-state index in [2.05, 4.69) is 19.8 Å². The number of alkyl halides is 3. The standard InChI is InChI=1S/C27H27ClF3N5O4/c1-26(2,3)40-25(38)35-10-6-7-15(35)14-36-24(37)17-9-5-4-8-16(17)19(34-36)13-23-32-20-11-18(28)22(12-21(20)33-23)39-27(29,30)31/h4-5,8-9,11-12,15H,6-7,10,13-14H2,1-3H3,(H,32,33). The molecule has 1 unspecified atom stereocenters. The number of hydrogen-bond donors (Lipinski definition) is 1. The molecule has 2 aromatic heterocycles. The second-order valence-corrected chi connectivity index (χ2v) is 11.1. The van der Waals surface area contributed by atoms with Crippen molar-refractivity contribution in [2.24, 2.45) is 0 Å². The van der Waals surface area contributed by atoms with Gasteiger partial charge in [0.1, 0.15) is 17.2 Å². The summed E-state index contributed by atoms with van der Waals surface area (Å²) in [7, 11) is 0. The maximum Gasteiger partial charge on any atom is 0.573 e. The van der Waals surface area contributed by atoms with Crippen LogP contribution in [0.2, 0.25) is 5.02 Å². The first-order valence-corrected chi connectivity index (χ1v) is 13.1. The average Bonchev–Trinajstić information content (AvgIpc) is 3.46. The number of H-pyrrole nitrogens is 1. The third kappa shape index (κ3) is 6.01. The van der Waals surface area contributed by atoms with Crippen molar-refractivity contribution in [1.82, 2.24) is 24.6 Å². The molecule has 5 rings (SSSR count). The van der Waals surface area contributed by atoms with Gasteiger partial charge in [-0.05, 0) is 45.7 Å². The van der Waals surface area contributed by atoms with Gasteiger partial charge in [0.15, 0.2) is 0 Å². The molecule has 0 radical (unpaired) electrons. The highest BCUT2D eigenvalue weighted by molar-refractivity contribution is 6.32. The van der Waals surface area contributed by atoms with Crippen LogP contribution in [0.5, 0.6) is 5.75 Å². The van der Waals surface area contributed by atoms with Crippen molar-refractivity contribution in [1.29, 1.82) is 0 Å². The number of nitrogens with zero attached hydrogens (tertiary/aromatic N) is 4. The number of hydrogen-bond acceptors (Lipinski definition) is 6. The first-order valence-electron chi connectivity index (χ1n) is 12.7. The number of rotatable bonds is 5. The molecule has 1 atom stereocenters. The number of halogens is 4. The van der Waals surface area contributed by atoms with Crippen LogP contribution in [0.1, 0.15) is 45.1 Å². The van der Waals surface area contributed by atoms with Crippen molar-refractivity contribution < 1.29 is 27.4 Å². The smallest absolute Gasteiger partial charge is 0.444 e. The van der Waals surface area contributed by atoms with E-state index in [0.29, 0.717) is 40.8 Å². The fourth-order valence-electron chi connectivity index (χ4n) is 4.85. The lowest BCUT2D eigenvalue weighted by atomic mass is 10.1. The molecule has 1 fully saturated rings. The van der Waals surface area contributed by atoms with E-state index in [4.69, 9.17) is 16.3 Å². The number of benzene rings is 2. The van der Waals surface area contributed by atoms with E-state index in [9.17, 15) is 22.8 Å². The zero-order valence-electron chi connectivity index (χ0n) is 22.0. The summed E-state index contributed by atoms with van der Waals surface area (Å²) in [5, 5.41) is 5.50. The van der Waals surface area contributed by atoms with Gasteiger partial charge in [0.25, 0.3) is 5.56 Å². The van der Waals surface area contributed by atoms with Crippen molar-refractivity contribution in [2.75, 3.05) is 6.54 Å². The summed E-state index contributed by atoms with van der Waals surface area (Å²) in [4.78, 5) is 35.3. The molecule has 4 aromatic rings. The van der Waals surface area contributed by atoms with E-state index in [1.165, 1.54) is 10.7 Å². The predicted octanol–water partition coefficient (Wildman–Crippen LogP) is 5.82. The Balaban J connectivity index is 1.47. The number of ether oxygens (including phenoxy) is 2. The number of carbonyl (C=O) groups is 1. The zero-order valence-corrected chi connectivity index (χ0v) is 22.8. The summed E-state index contributed by atoms with van der Waals surface area (Å²) in [6, 6.07) is 9.19. The molecular formula is C27H27ClF3N5O4. The van der Waals surface area contributed by atoms with Gasteiger partial charge in [0, 0.05) is 18.0 Å². The van der Waals surface area contributed by atoms with E-state index in [1.54, 1.807) is 49.9 Å². The lowest BCUT2D eigenvalue weighted by Crippen LogP contribution is -2.43. The van der Waals surface area contributed by atoms with Gasteiger partial charge in [-0.1, -0.05) is 29.8 Å². The molecule has 0 saturated carbocycles. The Morgan fingerprint density at radius 1 is 1.18 bits per heavy atom. The molecule has 1 aliphatic rings. The quantitative estimate of drug-likeness (QED) is 0.321. The number of imidazole rings is 1. The van der Waals surface area contributed by atoms with E-state index < -0.39 is 23.8 Å². The van der Waals surface area contributed by atoms with Crippen LogP contribution in [0.3, 0.4) is 0 Å². The van der Waals surface area contributed by atoms with Crippen molar-refractivity contribution in [3.63, 3.8) is 0 Å². The molecule has 212 valence electrons. The number of fused-ring (bicyclic) bond motifs is 2. The Labute approximate surface area is 231 Å². The lowest BCUT2D eigenvalue weighted by Gasteiger charge is -2.28. The second kappa shape index (κ2) is 10.3. The van der Waals surface area contributed by atoms with Crippen LogP contribution < -0.4 is 10.3 Å². The van der Waals surface area contributed by atoms with Crippen molar-refractivity contribution >= 4 is 39.5 Å². The molecule has 1 amide bonds. The third-order valence-electron chi connectivity index (χ3n) is 6.48. The first-order chi connectivity index (χ1) is 18.8. The maximum absolute atomic E-state index is 13.4. The Morgan fingerprint density at radius 3 is 2.60 bits per heavy atom. The maximum atomic E-state index is 13.4. The molecule has 13 heteroatoms. The summed E-state index contributed by atoms with van der Waals surface area (Å²) >= 11 is 5.99. The minimum Gasteiger partial charge on any atom is -0.444 e. The molecule has 1 saturated heterocycles. The molecule has 40 heavy (non-hydrogen) atoms. The molecule has 1 aliphatic heterocycles. The van der Waals surface area contributed by atoms with Crippen LogP contribution in [0, 0.1) is 0 Å². The van der Waals surface area contributed by atoms with E-state index in [-0.39, 0.29) is 35.1 Å². The van der Waals surface area contributed by atoms with Crippen LogP contribution in [0.25, 0.3) is 21.8 Å². The van der Waals surface area contributed by atoms with Gasteiger partial charge in [-0.3, -0.25) is 4.79 Å². The van der Waals surface area contributed by atoms with Crippen LogP contribution in [-0.2, 0) is 17.7 Å². The largest absolute Gasteiger partial charge is 0.573 e. The highest BCUT2D eigenvalue weighted by Gasteiger charge is 2.34. The molecule has 0 bridgehead atoms. The summed E-state index contributed by atoms with van der Waals surface area (Å²) in [6.07, 6.45) is -3.70. The fraction of sp³-hybridized carbons (Fsp3) is 0.407. The van der Waals surface area contributed by atoms with Crippen LogP contribution in [-0.4, -0.2) is 55.3 Å². The Bertz CT molecular complexity index is 1640. The normalized spacial score (nSPS) is 16.2. The lowest BCUT2D eigenvalue weighted by molar-refractivity contribution is -0.274. The SMILES string of the molecule is CC(C)(C)OC(=O)N1CCCC1Cn1nc(Cc2nc3cc(OC(F)(F)F)c(Cl)cc3[nH]2)c2ccccc2c1=O. The summed E-state index contributed by atoms with van der Waals surface area (Å²) in [5.41, 5.74) is 0.252. The van der Waals surface area contributed by atoms with Gasteiger partial charge in [-0.2, -0.15) is 5.10 Å². The number of amides is 1. The summed E-state index contributed by atoms with van der Waals surface area (Å²) in [5.74, 6) is -0.141. The van der Waals surface area contributed by atoms with Gasteiger partial charge in [0.2, 0.25) is 0 Å². The highest BCUT2D eigenvalue weighted by atomic mass is 35.5. The number of aromatic nitrogens is 4. The third-order valence-corrected chi connectivity index (χ3v) is 6.77. The minimum absolute atomic E-state index is 0.156. The molecule has 0 aliphatic carbocycles. The van der Waals surface area contributed by atoms with Crippen molar-refractivity contribution in [2.45, 2.75) is 64.6 Å². The molecule has 9 nitrogen and oxygen atoms in total. The molecule has 2 aromatic carbocycles. The highest BCUT2D eigenvalue weighted by Crippen LogP contribution is 2.33. The number of nitrogens with one attached hydrogen (secondary N) is 1. The van der Waals surface area contributed by atoms with Crippen molar-refractivity contribution in [3.8, 4) is 5.75 Å². The second-order valence-electron chi connectivity index (χ2n) is 10.7. The summed E-state index contributed by atoms with van der Waals surface area (Å²) < 4.78 is 49.1. The number of aromatic amines is 1. The minimum atomic E-state index is -4.90. The topological polar surface area (TPSA) is 102 Å². The van der Waals surface area contributed by atoms with Gasteiger partial charge in [-0.25, -0.2) is 14.5 Å². The number of likely N-dealkylation sites (tertiary alicyclic amines) is 1. The van der Waals surface area contributed by atoms with Crippen LogP contribution in [0.4, 0.5) is 18.0 Å². The van der Waals surface area contributed by atoms with Crippen LogP contribution in [0.15, 0.2) is 41.2 Å². The van der Waals surface area contributed by atoms with E-state index >= 15 is 0 Å². The molecule has 1 N–H and O–H groups in total. The Morgan fingerprint density at radius 2 is 1.90 bits per heavy atom. The van der Waals surface area contributed by atoms with Gasteiger partial charge in [-0.15, -0.1) is 13.2 Å². The van der Waals surface area contributed by atoms with E-state index in [0.717, 1.165) is 12.5 Å². The van der Waals surface area contributed by atoms with Gasteiger partial charge in [0.05, 0.1) is 46.1 Å². The Hall–Kier alpha value is -3.80. The molecular weight excluding hydrogens is 551 g/mol. The van der Waals surface area contributed by atoms with E-state index in [1.807, 2.05) is 0 Å². The van der Waals surface area contributed by atoms with Gasteiger partial charge < -0.3 is 19.4 Å². The average molecular weight is 578 g/mol. The monoisotopic (exact) mass is 577 g/mol. The molecule has 0 spiro atoms. The van der Waals surface area contributed by atoms with Gasteiger partial charge >= 0.3 is 12.5 Å². The molecule has 3 heterocycles. The predicted molar refractivity (Wildman–Crippen MR) is 143 cm³/mol. The zero-order chi connectivity index (χ0) is 28.8. The van der Waals surface area contributed by atoms with Crippen LogP contribution >= 0.6 is 11.6 Å². The number of carbonyl (C=O) groups excluding carboxylic acids is 1. The fourth-order valence-corrected chi connectivity index (χ4v) is 5.06. The summed E-state index contributed by atoms with van der Waals surface area (Å²) in [6.45, 7) is 6.11. The first kappa shape index (κ1) is 27.8. The van der Waals surface area contributed by atoms with Crippen molar-refractivity contribution in [3.05, 3.63) is 63.3 Å².